The lowest BCUT2D eigenvalue weighted by atomic mass is 9.73. The standard InChI is InChI=1S/C44H31N/c1-3-14-30(15-4-1)32-20-13-21-35(27-32)45-42-25-12-11-24-38(42)40-28-39(31-16-5-2-6-17-31)41(29-43(40)45)44-36-22-9-7-18-33(36)26-34-19-8-10-23-37(34)44/h1-25,27-29,44H,26H2. The third-order valence-electron chi connectivity index (χ3n) is 9.56. The van der Waals surface area contributed by atoms with Gasteiger partial charge in [-0.15, -0.1) is 0 Å². The maximum Gasteiger partial charge on any atom is 0.0544 e. The number of para-hydroxylation sites is 1. The second-order valence-electron chi connectivity index (χ2n) is 12.1. The maximum absolute atomic E-state index is 2.50. The quantitative estimate of drug-likeness (QED) is 0.197. The summed E-state index contributed by atoms with van der Waals surface area (Å²) < 4.78 is 2.47. The van der Waals surface area contributed by atoms with E-state index in [0.29, 0.717) is 0 Å². The van der Waals surface area contributed by atoms with Crippen molar-refractivity contribution in [2.24, 2.45) is 0 Å². The van der Waals surface area contributed by atoms with Crippen molar-refractivity contribution in [3.05, 3.63) is 198 Å². The van der Waals surface area contributed by atoms with Gasteiger partial charge in [-0.25, -0.2) is 0 Å². The first kappa shape index (κ1) is 25.8. The molecule has 7 aromatic carbocycles. The lowest BCUT2D eigenvalue weighted by molar-refractivity contribution is 0.887. The van der Waals surface area contributed by atoms with Crippen LogP contribution >= 0.6 is 0 Å². The van der Waals surface area contributed by atoms with E-state index in [1.807, 2.05) is 0 Å². The Balaban J connectivity index is 1.38. The Morgan fingerprint density at radius 3 is 1.73 bits per heavy atom. The Labute approximate surface area is 263 Å². The molecule has 0 aliphatic heterocycles. The van der Waals surface area contributed by atoms with E-state index in [0.717, 1.165) is 6.42 Å². The van der Waals surface area contributed by atoms with E-state index < -0.39 is 0 Å². The van der Waals surface area contributed by atoms with E-state index in [4.69, 9.17) is 0 Å². The molecule has 0 atom stereocenters. The average Bonchev–Trinajstić information content (AvgIpc) is 3.44. The summed E-state index contributed by atoms with van der Waals surface area (Å²) in [6.07, 6.45) is 0.971. The number of rotatable bonds is 4. The topological polar surface area (TPSA) is 4.93 Å². The van der Waals surface area contributed by atoms with Gasteiger partial charge in [0, 0.05) is 22.4 Å². The van der Waals surface area contributed by atoms with E-state index in [-0.39, 0.29) is 5.92 Å². The molecule has 0 unspecified atom stereocenters. The maximum atomic E-state index is 2.50. The first-order valence-electron chi connectivity index (χ1n) is 15.8. The molecule has 1 aliphatic rings. The third-order valence-corrected chi connectivity index (χ3v) is 9.56. The van der Waals surface area contributed by atoms with Gasteiger partial charge in [-0.3, -0.25) is 0 Å². The zero-order chi connectivity index (χ0) is 29.7. The second kappa shape index (κ2) is 10.5. The molecule has 0 saturated carbocycles. The Morgan fingerprint density at radius 2 is 1.00 bits per heavy atom. The van der Waals surface area contributed by atoms with Crippen molar-refractivity contribution in [2.75, 3.05) is 0 Å². The van der Waals surface area contributed by atoms with Crippen LogP contribution in [0.5, 0.6) is 0 Å². The van der Waals surface area contributed by atoms with Crippen LogP contribution in [-0.2, 0) is 6.42 Å². The highest BCUT2D eigenvalue weighted by atomic mass is 15.0. The summed E-state index contributed by atoms with van der Waals surface area (Å²) in [7, 11) is 0. The van der Waals surface area contributed by atoms with Gasteiger partial charge in [0.15, 0.2) is 0 Å². The minimum absolute atomic E-state index is 0.132. The molecule has 0 bridgehead atoms. The first-order valence-corrected chi connectivity index (χ1v) is 15.8. The van der Waals surface area contributed by atoms with Gasteiger partial charge in [-0.2, -0.15) is 0 Å². The fourth-order valence-electron chi connectivity index (χ4n) is 7.53. The fraction of sp³-hybridized carbons (Fsp3) is 0.0455. The van der Waals surface area contributed by atoms with Gasteiger partial charge in [-0.05, 0) is 86.8 Å². The summed E-state index contributed by atoms with van der Waals surface area (Å²) in [6, 6.07) is 62.5. The van der Waals surface area contributed by atoms with E-state index >= 15 is 0 Å². The Hall–Kier alpha value is -5.66. The molecular weight excluding hydrogens is 542 g/mol. The molecule has 9 rings (SSSR count). The molecule has 0 spiro atoms. The summed E-state index contributed by atoms with van der Waals surface area (Å²) in [5.41, 5.74) is 15.6. The highest BCUT2D eigenvalue weighted by Gasteiger charge is 2.29. The van der Waals surface area contributed by atoms with Crippen LogP contribution in [0.1, 0.15) is 33.7 Å². The van der Waals surface area contributed by atoms with Crippen molar-refractivity contribution < 1.29 is 0 Å². The molecule has 45 heavy (non-hydrogen) atoms. The van der Waals surface area contributed by atoms with E-state index in [2.05, 4.69) is 174 Å². The van der Waals surface area contributed by atoms with Crippen LogP contribution in [0, 0.1) is 0 Å². The van der Waals surface area contributed by atoms with Crippen molar-refractivity contribution in [2.45, 2.75) is 12.3 Å². The number of benzene rings is 7. The number of hydrogen-bond donors (Lipinski definition) is 0. The Kier molecular flexibility index (Phi) is 6.02. The minimum atomic E-state index is 0.132. The highest BCUT2D eigenvalue weighted by molar-refractivity contribution is 6.11. The molecule has 0 N–H and O–H groups in total. The Morgan fingerprint density at radius 1 is 0.400 bits per heavy atom. The normalized spacial score (nSPS) is 12.7. The monoisotopic (exact) mass is 573 g/mol. The lowest BCUT2D eigenvalue weighted by Gasteiger charge is -2.30. The number of hydrogen-bond acceptors (Lipinski definition) is 0. The van der Waals surface area contributed by atoms with Crippen LogP contribution in [0.3, 0.4) is 0 Å². The van der Waals surface area contributed by atoms with Gasteiger partial charge in [0.25, 0.3) is 0 Å². The summed E-state index contributed by atoms with van der Waals surface area (Å²) in [5, 5.41) is 2.54. The van der Waals surface area contributed by atoms with Crippen molar-refractivity contribution >= 4 is 21.8 Å². The lowest BCUT2D eigenvalue weighted by Crippen LogP contribution is -2.15. The zero-order valence-corrected chi connectivity index (χ0v) is 24.9. The number of fused-ring (bicyclic) bond motifs is 5. The second-order valence-corrected chi connectivity index (χ2v) is 12.1. The van der Waals surface area contributed by atoms with E-state index in [1.165, 1.54) is 77.6 Å². The number of aromatic nitrogens is 1. The molecule has 8 aromatic rings. The zero-order valence-electron chi connectivity index (χ0n) is 24.9. The van der Waals surface area contributed by atoms with E-state index in [1.54, 1.807) is 0 Å². The molecule has 1 aromatic heterocycles. The minimum Gasteiger partial charge on any atom is -0.309 e. The molecule has 0 fully saturated rings. The van der Waals surface area contributed by atoms with Gasteiger partial charge in [-0.1, -0.05) is 140 Å². The van der Waals surface area contributed by atoms with Crippen LogP contribution < -0.4 is 0 Å². The molecule has 1 nitrogen and oxygen atoms in total. The molecule has 0 amide bonds. The van der Waals surface area contributed by atoms with Crippen molar-refractivity contribution in [1.29, 1.82) is 0 Å². The largest absolute Gasteiger partial charge is 0.309 e. The molecule has 1 heteroatoms. The van der Waals surface area contributed by atoms with Crippen LogP contribution in [0.2, 0.25) is 0 Å². The summed E-state index contributed by atoms with van der Waals surface area (Å²) in [4.78, 5) is 0. The molecular formula is C44H31N. The highest BCUT2D eigenvalue weighted by Crippen LogP contribution is 2.47. The SMILES string of the molecule is c1ccc(-c2cccc(-n3c4ccccc4c4cc(-c5ccccc5)c(C5c6ccccc6Cc6ccccc65)cc43)c2)cc1. The predicted octanol–water partition coefficient (Wildman–Crippen LogP) is 11.2. The van der Waals surface area contributed by atoms with Crippen molar-refractivity contribution in [3.63, 3.8) is 0 Å². The molecule has 1 heterocycles. The average molecular weight is 574 g/mol. The first-order chi connectivity index (χ1) is 22.3. The molecule has 1 aliphatic carbocycles. The molecule has 0 saturated heterocycles. The van der Waals surface area contributed by atoms with Crippen molar-refractivity contribution in [3.8, 4) is 27.9 Å². The fourth-order valence-corrected chi connectivity index (χ4v) is 7.53. The third kappa shape index (κ3) is 4.24. The van der Waals surface area contributed by atoms with Gasteiger partial charge >= 0.3 is 0 Å². The Bertz CT molecular complexity index is 2300. The van der Waals surface area contributed by atoms with Gasteiger partial charge < -0.3 is 4.57 Å². The molecule has 212 valence electrons. The van der Waals surface area contributed by atoms with Crippen LogP contribution in [0.4, 0.5) is 0 Å². The van der Waals surface area contributed by atoms with Crippen molar-refractivity contribution in [1.82, 2.24) is 4.57 Å². The summed E-state index contributed by atoms with van der Waals surface area (Å²) in [5.74, 6) is 0.132. The predicted molar refractivity (Wildman–Crippen MR) is 188 cm³/mol. The molecule has 0 radical (unpaired) electrons. The van der Waals surface area contributed by atoms with Crippen LogP contribution in [0.25, 0.3) is 49.7 Å². The van der Waals surface area contributed by atoms with Crippen LogP contribution in [-0.4, -0.2) is 4.57 Å². The number of nitrogens with zero attached hydrogens (tertiary/aromatic N) is 1. The van der Waals surface area contributed by atoms with E-state index in [9.17, 15) is 0 Å². The van der Waals surface area contributed by atoms with Crippen LogP contribution in [0.15, 0.2) is 170 Å². The van der Waals surface area contributed by atoms with Gasteiger partial charge in [0.05, 0.1) is 11.0 Å². The van der Waals surface area contributed by atoms with Gasteiger partial charge in [0.2, 0.25) is 0 Å². The summed E-state index contributed by atoms with van der Waals surface area (Å²) in [6.45, 7) is 0. The van der Waals surface area contributed by atoms with Gasteiger partial charge in [0.1, 0.15) is 0 Å². The smallest absolute Gasteiger partial charge is 0.0544 e. The summed E-state index contributed by atoms with van der Waals surface area (Å²) >= 11 is 0.